The van der Waals surface area contributed by atoms with Crippen molar-refractivity contribution in [2.45, 2.75) is 38.6 Å². The summed E-state index contributed by atoms with van der Waals surface area (Å²) < 4.78 is 11.5. The number of aromatic nitrogens is 2. The van der Waals surface area contributed by atoms with Gasteiger partial charge in [-0.15, -0.1) is 0 Å². The van der Waals surface area contributed by atoms with Gasteiger partial charge in [-0.05, 0) is 30.0 Å². The van der Waals surface area contributed by atoms with E-state index < -0.39 is 0 Å². The molecule has 3 rings (SSSR count). The SMILES string of the molecule is C[C@H]1C[C@@H](Oc2cc(OCc3ccc(Cl)cc3)ncn2)C[C@H]1O. The predicted octanol–water partition coefficient (Wildman–Crippen LogP) is 3.25. The third-order valence-corrected chi connectivity index (χ3v) is 4.25. The Bertz CT molecular complexity index is 641. The van der Waals surface area contributed by atoms with Crippen molar-refractivity contribution in [2.24, 2.45) is 5.92 Å². The van der Waals surface area contributed by atoms with Crippen LogP contribution in [0, 0.1) is 5.92 Å². The van der Waals surface area contributed by atoms with E-state index in [9.17, 15) is 5.11 Å². The first-order valence-corrected chi connectivity index (χ1v) is 8.02. The van der Waals surface area contributed by atoms with Crippen LogP contribution in [-0.4, -0.2) is 27.3 Å². The second-order valence-electron chi connectivity index (χ2n) is 5.87. The summed E-state index contributed by atoms with van der Waals surface area (Å²) >= 11 is 5.86. The van der Waals surface area contributed by atoms with Crippen LogP contribution in [0.5, 0.6) is 11.8 Å². The molecular formula is C17H19ClN2O3. The highest BCUT2D eigenvalue weighted by Gasteiger charge is 2.31. The fourth-order valence-electron chi connectivity index (χ4n) is 2.64. The summed E-state index contributed by atoms with van der Waals surface area (Å²) in [7, 11) is 0. The highest BCUT2D eigenvalue weighted by molar-refractivity contribution is 6.30. The van der Waals surface area contributed by atoms with Crippen molar-refractivity contribution in [3.63, 3.8) is 0 Å². The summed E-state index contributed by atoms with van der Waals surface area (Å²) in [6.45, 7) is 2.42. The lowest BCUT2D eigenvalue weighted by Crippen LogP contribution is -2.14. The van der Waals surface area contributed by atoms with Crippen LogP contribution in [-0.2, 0) is 6.61 Å². The van der Waals surface area contributed by atoms with Gasteiger partial charge in [0.15, 0.2) is 0 Å². The van der Waals surface area contributed by atoms with Crippen LogP contribution < -0.4 is 9.47 Å². The summed E-state index contributed by atoms with van der Waals surface area (Å²) in [5.41, 5.74) is 1.00. The highest BCUT2D eigenvalue weighted by atomic mass is 35.5. The van der Waals surface area contributed by atoms with E-state index in [2.05, 4.69) is 9.97 Å². The number of benzene rings is 1. The van der Waals surface area contributed by atoms with Crippen molar-refractivity contribution < 1.29 is 14.6 Å². The molecule has 1 saturated carbocycles. The molecule has 2 aromatic rings. The standard InChI is InChI=1S/C17H19ClN2O3/c1-11-6-14(7-15(11)21)23-17-8-16(19-10-20-17)22-9-12-2-4-13(18)5-3-12/h2-5,8,10-11,14-15,21H,6-7,9H2,1H3/t11-,14+,15+/m0/s1. The van der Waals surface area contributed by atoms with E-state index in [0.29, 0.717) is 29.8 Å². The molecule has 0 spiro atoms. The minimum Gasteiger partial charge on any atom is -0.474 e. The van der Waals surface area contributed by atoms with Crippen LogP contribution in [0.15, 0.2) is 36.7 Å². The Morgan fingerprint density at radius 1 is 1.17 bits per heavy atom. The Morgan fingerprint density at radius 3 is 2.61 bits per heavy atom. The Balaban J connectivity index is 1.58. The van der Waals surface area contributed by atoms with E-state index in [4.69, 9.17) is 21.1 Å². The minimum atomic E-state index is -0.303. The molecule has 5 nitrogen and oxygen atoms in total. The molecule has 23 heavy (non-hydrogen) atoms. The number of nitrogens with zero attached hydrogens (tertiary/aromatic N) is 2. The number of ether oxygens (including phenoxy) is 2. The second kappa shape index (κ2) is 7.15. The maximum absolute atomic E-state index is 9.78. The van der Waals surface area contributed by atoms with Gasteiger partial charge in [0.2, 0.25) is 11.8 Å². The summed E-state index contributed by atoms with van der Waals surface area (Å²) in [6, 6.07) is 9.12. The Hall–Kier alpha value is -1.85. The maximum atomic E-state index is 9.78. The number of aliphatic hydroxyl groups excluding tert-OH is 1. The van der Waals surface area contributed by atoms with Gasteiger partial charge in [-0.25, -0.2) is 9.97 Å². The fourth-order valence-corrected chi connectivity index (χ4v) is 2.77. The van der Waals surface area contributed by atoms with Gasteiger partial charge >= 0.3 is 0 Å². The quantitative estimate of drug-likeness (QED) is 0.909. The zero-order valence-corrected chi connectivity index (χ0v) is 13.6. The Morgan fingerprint density at radius 2 is 1.91 bits per heavy atom. The van der Waals surface area contributed by atoms with Gasteiger partial charge in [-0.1, -0.05) is 30.7 Å². The van der Waals surface area contributed by atoms with Crippen LogP contribution in [0.4, 0.5) is 0 Å². The predicted molar refractivity (Wildman–Crippen MR) is 86.6 cm³/mol. The van der Waals surface area contributed by atoms with Gasteiger partial charge in [0.05, 0.1) is 12.2 Å². The van der Waals surface area contributed by atoms with Gasteiger partial charge in [0.1, 0.15) is 19.0 Å². The molecule has 0 unspecified atom stereocenters. The van der Waals surface area contributed by atoms with Crippen molar-refractivity contribution in [1.29, 1.82) is 0 Å². The molecule has 1 aromatic carbocycles. The Kier molecular flexibility index (Phi) is 4.98. The van der Waals surface area contributed by atoms with Crippen LogP contribution >= 0.6 is 11.6 Å². The van der Waals surface area contributed by atoms with E-state index in [1.54, 1.807) is 6.07 Å². The van der Waals surface area contributed by atoms with Gasteiger partial charge in [-0.3, -0.25) is 0 Å². The summed E-state index contributed by atoms with van der Waals surface area (Å²) in [5, 5.41) is 10.5. The van der Waals surface area contributed by atoms with Gasteiger partial charge in [0.25, 0.3) is 0 Å². The largest absolute Gasteiger partial charge is 0.474 e. The lowest BCUT2D eigenvalue weighted by molar-refractivity contribution is 0.128. The molecule has 1 aliphatic carbocycles. The summed E-state index contributed by atoms with van der Waals surface area (Å²) in [6.07, 6.45) is 2.56. The number of halogens is 1. The number of aliphatic hydroxyl groups is 1. The van der Waals surface area contributed by atoms with Crippen LogP contribution in [0.25, 0.3) is 0 Å². The number of rotatable bonds is 5. The fraction of sp³-hybridized carbons (Fsp3) is 0.412. The van der Waals surface area contributed by atoms with Crippen molar-refractivity contribution in [2.75, 3.05) is 0 Å². The summed E-state index contributed by atoms with van der Waals surface area (Å²) in [4.78, 5) is 8.19. The molecule has 0 aliphatic heterocycles. The van der Waals surface area contributed by atoms with Crippen molar-refractivity contribution in [3.8, 4) is 11.8 Å². The molecule has 122 valence electrons. The van der Waals surface area contributed by atoms with Crippen LogP contribution in [0.1, 0.15) is 25.3 Å². The third-order valence-electron chi connectivity index (χ3n) is 4.00. The lowest BCUT2D eigenvalue weighted by atomic mass is 10.1. The smallest absolute Gasteiger partial charge is 0.220 e. The average Bonchev–Trinajstić information content (AvgIpc) is 2.85. The molecule has 1 heterocycles. The van der Waals surface area contributed by atoms with Crippen LogP contribution in [0.3, 0.4) is 0 Å². The first-order valence-electron chi connectivity index (χ1n) is 7.64. The molecule has 0 radical (unpaired) electrons. The van der Waals surface area contributed by atoms with E-state index in [1.165, 1.54) is 6.33 Å². The molecule has 0 bridgehead atoms. The molecule has 1 N–H and O–H groups in total. The lowest BCUT2D eigenvalue weighted by Gasteiger charge is -2.13. The normalized spacial score (nSPS) is 23.7. The van der Waals surface area contributed by atoms with Gasteiger partial charge in [-0.2, -0.15) is 0 Å². The average molecular weight is 335 g/mol. The molecule has 0 amide bonds. The highest BCUT2D eigenvalue weighted by Crippen LogP contribution is 2.29. The zero-order valence-electron chi connectivity index (χ0n) is 12.9. The minimum absolute atomic E-state index is 0.0148. The monoisotopic (exact) mass is 334 g/mol. The zero-order chi connectivity index (χ0) is 16.2. The molecular weight excluding hydrogens is 316 g/mol. The van der Waals surface area contributed by atoms with Crippen molar-refractivity contribution in [3.05, 3.63) is 47.2 Å². The maximum Gasteiger partial charge on any atom is 0.220 e. The number of hydrogen-bond acceptors (Lipinski definition) is 5. The topological polar surface area (TPSA) is 64.5 Å². The van der Waals surface area contributed by atoms with E-state index in [-0.39, 0.29) is 18.1 Å². The number of hydrogen-bond donors (Lipinski definition) is 1. The van der Waals surface area contributed by atoms with E-state index in [0.717, 1.165) is 12.0 Å². The molecule has 1 aromatic heterocycles. The molecule has 1 aliphatic rings. The van der Waals surface area contributed by atoms with Gasteiger partial charge < -0.3 is 14.6 Å². The molecule has 0 saturated heterocycles. The van der Waals surface area contributed by atoms with Gasteiger partial charge in [0, 0.05) is 11.4 Å². The summed E-state index contributed by atoms with van der Waals surface area (Å²) in [5.74, 6) is 1.18. The van der Waals surface area contributed by atoms with E-state index in [1.807, 2.05) is 31.2 Å². The van der Waals surface area contributed by atoms with Crippen molar-refractivity contribution >= 4 is 11.6 Å². The first-order chi connectivity index (χ1) is 11.1. The molecule has 1 fully saturated rings. The second-order valence-corrected chi connectivity index (χ2v) is 6.30. The van der Waals surface area contributed by atoms with Crippen molar-refractivity contribution in [1.82, 2.24) is 9.97 Å². The molecule has 6 heteroatoms. The first kappa shape index (κ1) is 16.0. The van der Waals surface area contributed by atoms with E-state index >= 15 is 0 Å². The molecule has 3 atom stereocenters. The third kappa shape index (κ3) is 4.33. The Labute approximate surface area is 140 Å². The van der Waals surface area contributed by atoms with Crippen LogP contribution in [0.2, 0.25) is 5.02 Å².